The van der Waals surface area contributed by atoms with E-state index in [0.29, 0.717) is 45.6 Å². The van der Waals surface area contributed by atoms with Gasteiger partial charge in [0.25, 0.3) is 0 Å². The number of carbonyl (C=O) groups excluding carboxylic acids is 2. The zero-order valence-corrected chi connectivity index (χ0v) is 34.7. The molecule has 0 amide bonds. The number of hydrogen-bond acceptors (Lipinski definition) is 4. The summed E-state index contributed by atoms with van der Waals surface area (Å²) in [6, 6.07) is 0. The molecule has 0 heterocycles. The first kappa shape index (κ1) is 38.0. The lowest BCUT2D eigenvalue weighted by Crippen LogP contribution is -2.54. The van der Waals surface area contributed by atoms with Crippen molar-refractivity contribution in [2.24, 2.45) is 86.8 Å². The van der Waals surface area contributed by atoms with Crippen LogP contribution in [0.5, 0.6) is 0 Å². The number of Topliss-reactive ketones (excluding diaryl/α,β-unsaturated/α-hetero) is 2. The summed E-state index contributed by atoms with van der Waals surface area (Å²) in [4.78, 5) is 27.5. The van der Waals surface area contributed by atoms with Crippen molar-refractivity contribution in [3.63, 3.8) is 0 Å². The molecule has 50 heavy (non-hydrogen) atoms. The second-order valence-electron chi connectivity index (χ2n) is 21.3. The molecule has 0 bridgehead atoms. The molecule has 0 saturated heterocycles. The van der Waals surface area contributed by atoms with Gasteiger partial charge in [0.2, 0.25) is 0 Å². The Balaban J connectivity index is 0.000000157. The van der Waals surface area contributed by atoms with Gasteiger partial charge in [-0.2, -0.15) is 0 Å². The number of ketones is 2. The Morgan fingerprint density at radius 2 is 1.06 bits per heavy atom. The summed E-state index contributed by atoms with van der Waals surface area (Å²) < 4.78 is 0. The van der Waals surface area contributed by atoms with Gasteiger partial charge in [-0.05, 0) is 198 Å². The number of carbonyl (C=O) groups is 2. The highest BCUT2D eigenvalue weighted by atomic mass is 79.9. The van der Waals surface area contributed by atoms with Crippen molar-refractivity contribution in [1.29, 1.82) is 0 Å². The summed E-state index contributed by atoms with van der Waals surface area (Å²) in [7, 11) is 4.03. The van der Waals surface area contributed by atoms with Gasteiger partial charge in [0.05, 0.1) is 18.0 Å². The fourth-order valence-corrected chi connectivity index (χ4v) is 16.7. The molecule has 8 fully saturated rings. The lowest BCUT2D eigenvalue weighted by molar-refractivity contribution is -0.140. The maximum atomic E-state index is 12.9. The Morgan fingerprint density at radius 1 is 0.600 bits per heavy atom. The largest absolute Gasteiger partial charge is 0.393 e. The van der Waals surface area contributed by atoms with Crippen LogP contribution in [0.25, 0.3) is 0 Å². The van der Waals surface area contributed by atoms with Crippen LogP contribution >= 0.6 is 15.9 Å². The summed E-state index contributed by atoms with van der Waals surface area (Å²) >= 11 is 3.44. The molecule has 5 heteroatoms. The van der Waals surface area contributed by atoms with Gasteiger partial charge in [-0.1, -0.05) is 57.0 Å². The van der Waals surface area contributed by atoms with E-state index >= 15 is 0 Å². The molecule has 0 aromatic heterocycles. The van der Waals surface area contributed by atoms with E-state index in [1.54, 1.807) is 0 Å². The monoisotopic (exact) mass is 755 g/mol. The molecule has 0 aliphatic heterocycles. The number of hydrogen-bond donors (Lipinski definition) is 1. The van der Waals surface area contributed by atoms with Gasteiger partial charge in [-0.15, -0.1) is 0 Å². The number of aliphatic hydroxyl groups is 1. The highest BCUT2D eigenvalue weighted by molar-refractivity contribution is 9.09. The van der Waals surface area contributed by atoms with Crippen LogP contribution in [0.1, 0.15) is 150 Å². The average Bonchev–Trinajstić information content (AvgIpc) is 3.62. The summed E-state index contributed by atoms with van der Waals surface area (Å²) in [5, 5.41) is 10.7. The van der Waals surface area contributed by atoms with Crippen LogP contribution in [0, 0.1) is 86.8 Å². The van der Waals surface area contributed by atoms with Crippen LogP contribution in [-0.4, -0.2) is 53.6 Å². The second kappa shape index (κ2) is 14.1. The maximum Gasteiger partial charge on any atom is 0.150 e. The zero-order valence-electron chi connectivity index (χ0n) is 33.2. The van der Waals surface area contributed by atoms with E-state index in [1.807, 2.05) is 19.0 Å². The van der Waals surface area contributed by atoms with Gasteiger partial charge in [-0.3, -0.25) is 9.59 Å². The molecule has 4 nitrogen and oxygen atoms in total. The minimum Gasteiger partial charge on any atom is -0.393 e. The Morgan fingerprint density at radius 3 is 1.58 bits per heavy atom. The molecule has 1 N–H and O–H groups in total. The normalized spacial score (nSPS) is 52.3. The van der Waals surface area contributed by atoms with Crippen molar-refractivity contribution in [2.75, 3.05) is 26.0 Å². The Kier molecular flexibility index (Phi) is 10.7. The predicted molar refractivity (Wildman–Crippen MR) is 208 cm³/mol. The Bertz CT molecular complexity index is 1270. The third-order valence-corrected chi connectivity index (χ3v) is 19.5. The van der Waals surface area contributed by atoms with Gasteiger partial charge in [0.15, 0.2) is 0 Å². The highest BCUT2D eigenvalue weighted by Gasteiger charge is 2.62. The number of likely N-dealkylation sites (N-methyl/N-ethyl adjacent to an activating group) is 1. The summed E-state index contributed by atoms with van der Waals surface area (Å²) in [5.74, 6) is 9.31. The number of rotatable bonds is 5. The molecule has 0 radical (unpaired) electrons. The minimum atomic E-state index is -0.0574. The van der Waals surface area contributed by atoms with Crippen LogP contribution in [0.2, 0.25) is 0 Å². The van der Waals surface area contributed by atoms with Crippen molar-refractivity contribution in [2.45, 2.75) is 156 Å². The van der Waals surface area contributed by atoms with Crippen LogP contribution in [0.15, 0.2) is 0 Å². The van der Waals surface area contributed by atoms with E-state index in [9.17, 15) is 14.7 Å². The first-order valence-electron chi connectivity index (χ1n) is 21.6. The highest BCUT2D eigenvalue weighted by Crippen LogP contribution is 2.69. The Hall–Kier alpha value is -0.260. The van der Waals surface area contributed by atoms with E-state index in [2.05, 4.69) is 50.5 Å². The molecule has 0 unspecified atom stereocenters. The van der Waals surface area contributed by atoms with Gasteiger partial charge in [0, 0.05) is 11.8 Å². The fourth-order valence-electron chi connectivity index (χ4n) is 16.3. The molecule has 284 valence electrons. The van der Waals surface area contributed by atoms with E-state index in [-0.39, 0.29) is 17.4 Å². The van der Waals surface area contributed by atoms with Crippen molar-refractivity contribution < 1.29 is 14.7 Å². The summed E-state index contributed by atoms with van der Waals surface area (Å²) in [5.41, 5.74) is 1.59. The zero-order chi connectivity index (χ0) is 35.8. The third-order valence-electron chi connectivity index (χ3n) is 18.9. The number of nitrogens with zero attached hydrogens (tertiary/aromatic N) is 1. The predicted octanol–water partition coefficient (Wildman–Crippen LogP) is 10.4. The minimum absolute atomic E-state index is 0.0574. The van der Waals surface area contributed by atoms with E-state index in [0.717, 1.165) is 78.9 Å². The maximum absolute atomic E-state index is 12.9. The second-order valence-corrected chi connectivity index (χ2v) is 21.8. The molecule has 8 aliphatic carbocycles. The number of alkyl halides is 1. The van der Waals surface area contributed by atoms with E-state index < -0.39 is 0 Å². The lowest BCUT2D eigenvalue weighted by atomic mass is 9.44. The molecule has 8 rings (SSSR count). The molecule has 0 spiro atoms. The molecule has 8 aliphatic rings. The van der Waals surface area contributed by atoms with Crippen LogP contribution in [0.3, 0.4) is 0 Å². The smallest absolute Gasteiger partial charge is 0.150 e. The van der Waals surface area contributed by atoms with Crippen molar-refractivity contribution in [3.8, 4) is 0 Å². The van der Waals surface area contributed by atoms with Gasteiger partial charge in [-0.25, -0.2) is 0 Å². The Labute approximate surface area is 315 Å². The van der Waals surface area contributed by atoms with E-state index in [4.69, 9.17) is 0 Å². The number of fused-ring (bicyclic) bond motifs is 10. The van der Waals surface area contributed by atoms with Crippen molar-refractivity contribution in [3.05, 3.63) is 0 Å². The fraction of sp³-hybridized carbons (Fsp3) is 0.956. The van der Waals surface area contributed by atoms with Gasteiger partial charge in [0.1, 0.15) is 11.6 Å². The van der Waals surface area contributed by atoms with Crippen LogP contribution in [0.4, 0.5) is 0 Å². The first-order chi connectivity index (χ1) is 23.7. The standard InChI is InChI=1S/C23H39NO2.C22H35BrO/c1-22-11-9-16(25)13-15(22)5-6-17-18-7-8-20(21(26)14-24(3)4)23(18,2)12-10-19(17)22;1-14-8-10-21(2)15(12-14)4-5-16-17-6-7-19(20(24)13-23)22(17,3)11-9-18(16)21/h15-20,25H,5-14H2,1-4H3;14-19H,4-13H2,1-3H3/t15-,16-,17-,18-,19-,20+,22-,23-;14-,15-,16-,17-,18-,19+,21-,22-/m00/s1. The van der Waals surface area contributed by atoms with Gasteiger partial charge < -0.3 is 10.0 Å². The molecular formula is C45H74BrNO3. The lowest BCUT2D eigenvalue weighted by Gasteiger charge is -2.61. The molecule has 0 aromatic rings. The topological polar surface area (TPSA) is 57.6 Å². The quantitative estimate of drug-likeness (QED) is 0.284. The number of halogens is 1. The SMILES string of the molecule is CN(C)CC(=O)[C@H]1CC[C@H]2[C@@H]3CC[C@H]4C[C@@H](O)CC[C@]4(C)[C@H]3CC[C@]12C.C[C@H]1CC[C@@]2(C)[C@@H](CC[C@@H]3[C@@H]2CC[C@]2(C)[C@@H](C(=O)CBr)CC[C@@H]32)C1. The molecule has 16 atom stereocenters. The molecule has 0 aromatic carbocycles. The molecular weight excluding hydrogens is 682 g/mol. The van der Waals surface area contributed by atoms with Crippen molar-refractivity contribution in [1.82, 2.24) is 4.90 Å². The van der Waals surface area contributed by atoms with Crippen LogP contribution < -0.4 is 0 Å². The molecule has 8 saturated carbocycles. The van der Waals surface area contributed by atoms with Crippen LogP contribution in [-0.2, 0) is 9.59 Å². The summed E-state index contributed by atoms with van der Waals surface area (Å²) in [6.45, 7) is 13.2. The van der Waals surface area contributed by atoms with Gasteiger partial charge >= 0.3 is 0 Å². The van der Waals surface area contributed by atoms with Crippen molar-refractivity contribution >= 4 is 27.5 Å². The van der Waals surface area contributed by atoms with E-state index in [1.165, 1.54) is 89.9 Å². The summed E-state index contributed by atoms with van der Waals surface area (Å²) in [6.07, 6.45) is 23.3. The third kappa shape index (κ3) is 6.20. The first-order valence-corrected chi connectivity index (χ1v) is 22.7. The number of aliphatic hydroxyl groups excluding tert-OH is 1. The average molecular weight is 757 g/mol.